The molecule has 0 bridgehead atoms. The van der Waals surface area contributed by atoms with Crippen LogP contribution >= 0.6 is 0 Å². The molecule has 0 atom stereocenters. The SMILES string of the molecule is Cc1cc(-c2cc(-c3c(C)ccc(CC(C)(C)CO)c3S(N)(=O)=O)cnc2N)on1. The maximum Gasteiger partial charge on any atom is 0.238 e. The molecule has 0 aliphatic carbocycles. The summed E-state index contributed by atoms with van der Waals surface area (Å²) in [5, 5.41) is 19.2. The molecule has 160 valence electrons. The van der Waals surface area contributed by atoms with Crippen LogP contribution in [0.3, 0.4) is 0 Å². The summed E-state index contributed by atoms with van der Waals surface area (Å²) in [5.41, 5.74) is 8.95. The molecule has 3 rings (SSSR count). The summed E-state index contributed by atoms with van der Waals surface area (Å²) >= 11 is 0. The maximum atomic E-state index is 12.6. The van der Waals surface area contributed by atoms with Gasteiger partial charge in [0.2, 0.25) is 10.0 Å². The van der Waals surface area contributed by atoms with Crippen LogP contribution in [0.5, 0.6) is 0 Å². The number of sulfonamides is 1. The van der Waals surface area contributed by atoms with Gasteiger partial charge in [-0.3, -0.25) is 0 Å². The predicted octanol–water partition coefficient (Wildman–Crippen LogP) is 2.81. The van der Waals surface area contributed by atoms with Gasteiger partial charge in [-0.1, -0.05) is 31.1 Å². The number of hydrogen-bond donors (Lipinski definition) is 3. The van der Waals surface area contributed by atoms with Crippen LogP contribution in [0.4, 0.5) is 5.82 Å². The molecule has 9 heteroatoms. The van der Waals surface area contributed by atoms with Gasteiger partial charge in [-0.05, 0) is 42.9 Å². The first-order valence-corrected chi connectivity index (χ1v) is 10.9. The van der Waals surface area contributed by atoms with E-state index in [9.17, 15) is 13.5 Å². The number of aliphatic hydroxyl groups is 1. The highest BCUT2D eigenvalue weighted by molar-refractivity contribution is 7.89. The van der Waals surface area contributed by atoms with Crippen LogP contribution in [0.2, 0.25) is 0 Å². The number of nitrogen functional groups attached to an aromatic ring is 1. The number of primary sulfonamides is 1. The van der Waals surface area contributed by atoms with E-state index >= 15 is 0 Å². The van der Waals surface area contributed by atoms with Crippen molar-refractivity contribution in [2.75, 3.05) is 12.3 Å². The topological polar surface area (TPSA) is 145 Å². The van der Waals surface area contributed by atoms with Crippen LogP contribution in [0.25, 0.3) is 22.5 Å². The van der Waals surface area contributed by atoms with Crippen LogP contribution in [-0.2, 0) is 16.4 Å². The van der Waals surface area contributed by atoms with Gasteiger partial charge in [0.25, 0.3) is 0 Å². The Hall–Kier alpha value is -2.75. The lowest BCUT2D eigenvalue weighted by atomic mass is 9.85. The van der Waals surface area contributed by atoms with Gasteiger partial charge in [0, 0.05) is 30.0 Å². The first-order chi connectivity index (χ1) is 13.9. The number of rotatable bonds is 6. The summed E-state index contributed by atoms with van der Waals surface area (Å²) < 4.78 is 30.6. The number of nitrogens with two attached hydrogens (primary N) is 2. The largest absolute Gasteiger partial charge is 0.396 e. The minimum atomic E-state index is -4.08. The van der Waals surface area contributed by atoms with Crippen LogP contribution in [0.15, 0.2) is 39.9 Å². The van der Waals surface area contributed by atoms with Crippen molar-refractivity contribution in [2.24, 2.45) is 10.6 Å². The fourth-order valence-electron chi connectivity index (χ4n) is 3.42. The Kier molecular flexibility index (Phi) is 5.72. The molecule has 0 aliphatic heterocycles. The first kappa shape index (κ1) is 21.9. The van der Waals surface area contributed by atoms with E-state index in [0.29, 0.717) is 40.1 Å². The van der Waals surface area contributed by atoms with Gasteiger partial charge in [0.05, 0.1) is 16.2 Å². The average Bonchev–Trinajstić information content (AvgIpc) is 3.08. The Morgan fingerprint density at radius 1 is 1.20 bits per heavy atom. The highest BCUT2D eigenvalue weighted by Gasteiger charge is 2.27. The second-order valence-electron chi connectivity index (χ2n) is 8.28. The minimum absolute atomic E-state index is 0.0234. The molecule has 2 heterocycles. The molecular formula is C21H26N4O4S. The molecule has 30 heavy (non-hydrogen) atoms. The van der Waals surface area contributed by atoms with Gasteiger partial charge >= 0.3 is 0 Å². The van der Waals surface area contributed by atoms with Gasteiger partial charge in [-0.15, -0.1) is 0 Å². The van der Waals surface area contributed by atoms with Gasteiger partial charge in [0.1, 0.15) is 5.82 Å². The van der Waals surface area contributed by atoms with E-state index in [0.717, 1.165) is 5.56 Å². The summed E-state index contributed by atoms with van der Waals surface area (Å²) in [5.74, 6) is 0.675. The molecular weight excluding hydrogens is 404 g/mol. The van der Waals surface area contributed by atoms with Crippen molar-refractivity contribution in [2.45, 2.75) is 39.0 Å². The average molecular weight is 431 g/mol. The van der Waals surface area contributed by atoms with Crippen LogP contribution < -0.4 is 10.9 Å². The number of anilines is 1. The smallest absolute Gasteiger partial charge is 0.238 e. The molecule has 0 radical (unpaired) electrons. The van der Waals surface area contributed by atoms with Gasteiger partial charge in [0.15, 0.2) is 5.76 Å². The third kappa shape index (κ3) is 4.38. The minimum Gasteiger partial charge on any atom is -0.396 e. The molecule has 0 unspecified atom stereocenters. The normalized spacial score (nSPS) is 12.3. The van der Waals surface area contributed by atoms with Gasteiger partial charge < -0.3 is 15.4 Å². The molecule has 0 spiro atoms. The summed E-state index contributed by atoms with van der Waals surface area (Å²) in [6, 6.07) is 7.02. The van der Waals surface area contributed by atoms with E-state index < -0.39 is 15.4 Å². The number of aliphatic hydroxyl groups excluding tert-OH is 1. The molecule has 0 amide bonds. The molecule has 0 aliphatic rings. The Bertz CT molecular complexity index is 1200. The molecule has 1 aromatic carbocycles. The van der Waals surface area contributed by atoms with Crippen molar-refractivity contribution in [1.82, 2.24) is 10.1 Å². The van der Waals surface area contributed by atoms with E-state index in [2.05, 4.69) is 10.1 Å². The zero-order valence-electron chi connectivity index (χ0n) is 17.4. The van der Waals surface area contributed by atoms with Crippen molar-refractivity contribution in [3.63, 3.8) is 0 Å². The summed E-state index contributed by atoms with van der Waals surface area (Å²) in [6.07, 6.45) is 1.85. The second-order valence-corrected chi connectivity index (χ2v) is 9.78. The number of nitrogens with zero attached hydrogens (tertiary/aromatic N) is 2. The molecule has 5 N–H and O–H groups in total. The number of hydrogen-bond acceptors (Lipinski definition) is 7. The second kappa shape index (κ2) is 7.82. The van der Waals surface area contributed by atoms with E-state index in [1.807, 2.05) is 19.9 Å². The Labute approximate surface area is 176 Å². The van der Waals surface area contributed by atoms with E-state index in [1.165, 1.54) is 6.20 Å². The number of aryl methyl sites for hydroxylation is 2. The molecule has 2 aromatic heterocycles. The molecule has 0 saturated carbocycles. The van der Waals surface area contributed by atoms with Crippen LogP contribution in [-0.4, -0.2) is 30.3 Å². The lowest BCUT2D eigenvalue weighted by Crippen LogP contribution is -2.23. The Balaban J connectivity index is 2.28. The van der Waals surface area contributed by atoms with Crippen molar-refractivity contribution in [3.8, 4) is 22.5 Å². The summed E-state index contributed by atoms with van der Waals surface area (Å²) in [7, 11) is -4.08. The van der Waals surface area contributed by atoms with Gasteiger partial charge in [-0.2, -0.15) is 0 Å². The van der Waals surface area contributed by atoms with Gasteiger partial charge in [-0.25, -0.2) is 18.5 Å². The van der Waals surface area contributed by atoms with E-state index in [-0.39, 0.29) is 17.3 Å². The third-order valence-electron chi connectivity index (χ3n) is 4.93. The molecule has 8 nitrogen and oxygen atoms in total. The summed E-state index contributed by atoms with van der Waals surface area (Å²) in [6.45, 7) is 7.21. The Morgan fingerprint density at radius 3 is 2.47 bits per heavy atom. The maximum absolute atomic E-state index is 12.6. The predicted molar refractivity (Wildman–Crippen MR) is 115 cm³/mol. The molecule has 3 aromatic rings. The van der Waals surface area contributed by atoms with E-state index in [1.54, 1.807) is 32.0 Å². The van der Waals surface area contributed by atoms with Crippen LogP contribution in [0, 0.1) is 19.3 Å². The monoisotopic (exact) mass is 430 g/mol. The summed E-state index contributed by atoms with van der Waals surface area (Å²) in [4.78, 5) is 4.26. The number of pyridine rings is 1. The Morgan fingerprint density at radius 2 is 1.90 bits per heavy atom. The fraction of sp³-hybridized carbons (Fsp3) is 0.333. The van der Waals surface area contributed by atoms with E-state index in [4.69, 9.17) is 15.4 Å². The quantitative estimate of drug-likeness (QED) is 0.545. The molecule has 0 saturated heterocycles. The van der Waals surface area contributed by atoms with Crippen molar-refractivity contribution < 1.29 is 18.0 Å². The van der Waals surface area contributed by atoms with Crippen molar-refractivity contribution >= 4 is 15.8 Å². The highest BCUT2D eigenvalue weighted by atomic mass is 32.2. The number of aromatic nitrogens is 2. The lowest BCUT2D eigenvalue weighted by molar-refractivity contribution is 0.159. The number of benzene rings is 1. The van der Waals surface area contributed by atoms with Crippen LogP contribution in [0.1, 0.15) is 30.7 Å². The standard InChI is InChI=1S/C21H26N4O4S/c1-12-5-6-14(9-21(3,4)11-26)19(30(23,27)28)18(12)15-8-16(20(22)24-10-15)17-7-13(2)25-29-17/h5-8,10,26H,9,11H2,1-4H3,(H2,22,24)(H2,23,27,28). The molecule has 0 fully saturated rings. The highest BCUT2D eigenvalue weighted by Crippen LogP contribution is 2.38. The van der Waals surface area contributed by atoms with Crippen molar-refractivity contribution in [3.05, 3.63) is 47.3 Å². The zero-order valence-corrected chi connectivity index (χ0v) is 18.2. The first-order valence-electron chi connectivity index (χ1n) is 9.38. The fourth-order valence-corrected chi connectivity index (χ4v) is 4.49. The third-order valence-corrected chi connectivity index (χ3v) is 5.97. The lowest BCUT2D eigenvalue weighted by Gasteiger charge is -2.24. The zero-order chi connectivity index (χ0) is 22.3. The van der Waals surface area contributed by atoms with Crippen molar-refractivity contribution in [1.29, 1.82) is 0 Å².